The fourth-order valence-electron chi connectivity index (χ4n) is 1.55. The topological polar surface area (TPSA) is 52.6 Å². The highest BCUT2D eigenvalue weighted by Crippen LogP contribution is 2.18. The fourth-order valence-corrected chi connectivity index (χ4v) is 1.55. The Bertz CT molecular complexity index is 184. The van der Waals surface area contributed by atoms with Crippen molar-refractivity contribution in [1.29, 1.82) is 0 Å². The standard InChI is InChI=1S/C9H18N2O2/c1-3-4-10-8(12)5-11-6-9(2,13)7-11/h13H,3-7H2,1-2H3,(H,10,12). The molecule has 1 heterocycles. The number of β-amino-alcohol motifs (C(OH)–C–C–N with tert-alkyl or cyclic N) is 1. The Morgan fingerprint density at radius 3 is 2.69 bits per heavy atom. The summed E-state index contributed by atoms with van der Waals surface area (Å²) in [5.74, 6) is 0.0531. The number of carbonyl (C=O) groups excluding carboxylic acids is 1. The predicted octanol–water partition coefficient (Wildman–Crippen LogP) is -0.421. The van der Waals surface area contributed by atoms with Crippen molar-refractivity contribution in [3.63, 3.8) is 0 Å². The molecule has 4 heteroatoms. The van der Waals surface area contributed by atoms with Crippen molar-refractivity contribution in [2.45, 2.75) is 25.9 Å². The smallest absolute Gasteiger partial charge is 0.234 e. The van der Waals surface area contributed by atoms with Crippen LogP contribution in [0.1, 0.15) is 20.3 Å². The molecule has 1 amide bonds. The van der Waals surface area contributed by atoms with Crippen molar-refractivity contribution >= 4 is 5.91 Å². The molecule has 0 atom stereocenters. The zero-order chi connectivity index (χ0) is 9.90. The number of amides is 1. The van der Waals surface area contributed by atoms with Gasteiger partial charge in [0.15, 0.2) is 0 Å². The van der Waals surface area contributed by atoms with E-state index in [1.165, 1.54) is 0 Å². The van der Waals surface area contributed by atoms with Crippen molar-refractivity contribution in [2.24, 2.45) is 0 Å². The van der Waals surface area contributed by atoms with E-state index in [9.17, 15) is 9.90 Å². The Labute approximate surface area is 78.9 Å². The molecular formula is C9H18N2O2. The molecule has 2 N–H and O–H groups in total. The molecule has 0 aromatic rings. The van der Waals surface area contributed by atoms with Crippen LogP contribution < -0.4 is 5.32 Å². The third-order valence-corrected chi connectivity index (χ3v) is 2.07. The zero-order valence-electron chi connectivity index (χ0n) is 8.34. The molecule has 0 aliphatic carbocycles. The number of aliphatic hydroxyl groups is 1. The molecule has 13 heavy (non-hydrogen) atoms. The highest BCUT2D eigenvalue weighted by atomic mass is 16.3. The Kier molecular flexibility index (Phi) is 3.27. The van der Waals surface area contributed by atoms with E-state index in [0.717, 1.165) is 13.0 Å². The van der Waals surface area contributed by atoms with Crippen molar-refractivity contribution in [2.75, 3.05) is 26.2 Å². The minimum absolute atomic E-state index is 0.0531. The van der Waals surface area contributed by atoms with Crippen molar-refractivity contribution in [3.8, 4) is 0 Å². The lowest BCUT2D eigenvalue weighted by Crippen LogP contribution is -2.61. The van der Waals surface area contributed by atoms with Crippen LogP contribution in [0.2, 0.25) is 0 Å². The Morgan fingerprint density at radius 2 is 2.23 bits per heavy atom. The molecule has 1 aliphatic heterocycles. The molecule has 0 unspecified atom stereocenters. The van der Waals surface area contributed by atoms with Crippen LogP contribution >= 0.6 is 0 Å². The highest BCUT2D eigenvalue weighted by Gasteiger charge is 2.36. The maximum atomic E-state index is 11.2. The van der Waals surface area contributed by atoms with Crippen LogP contribution in [0.5, 0.6) is 0 Å². The van der Waals surface area contributed by atoms with Gasteiger partial charge in [0.1, 0.15) is 0 Å². The summed E-state index contributed by atoms with van der Waals surface area (Å²) < 4.78 is 0. The first-order chi connectivity index (χ1) is 6.03. The molecule has 0 spiro atoms. The number of hydrogen-bond acceptors (Lipinski definition) is 3. The Hall–Kier alpha value is -0.610. The molecule has 0 aromatic heterocycles. The lowest BCUT2D eigenvalue weighted by atomic mass is 9.97. The van der Waals surface area contributed by atoms with Crippen LogP contribution in [0.3, 0.4) is 0 Å². The number of carbonyl (C=O) groups is 1. The van der Waals surface area contributed by atoms with Crippen LogP contribution in [0, 0.1) is 0 Å². The van der Waals surface area contributed by atoms with Crippen LogP contribution in [0.15, 0.2) is 0 Å². The number of nitrogens with one attached hydrogen (secondary N) is 1. The van der Waals surface area contributed by atoms with Crippen LogP contribution in [0.4, 0.5) is 0 Å². The van der Waals surface area contributed by atoms with E-state index in [1.807, 2.05) is 11.8 Å². The fraction of sp³-hybridized carbons (Fsp3) is 0.889. The van der Waals surface area contributed by atoms with Gasteiger partial charge < -0.3 is 10.4 Å². The molecule has 0 aromatic carbocycles. The van der Waals surface area contributed by atoms with Crippen molar-refractivity contribution in [1.82, 2.24) is 10.2 Å². The summed E-state index contributed by atoms with van der Waals surface area (Å²) in [7, 11) is 0. The normalized spacial score (nSPS) is 20.8. The second-order valence-corrected chi connectivity index (χ2v) is 3.99. The molecule has 0 saturated carbocycles. The Morgan fingerprint density at radius 1 is 1.62 bits per heavy atom. The van der Waals surface area contributed by atoms with E-state index in [1.54, 1.807) is 6.92 Å². The molecule has 4 nitrogen and oxygen atoms in total. The van der Waals surface area contributed by atoms with Gasteiger partial charge in [-0.1, -0.05) is 6.92 Å². The van der Waals surface area contributed by atoms with Crippen LogP contribution in [-0.2, 0) is 4.79 Å². The summed E-state index contributed by atoms with van der Waals surface area (Å²) in [5, 5.41) is 12.2. The predicted molar refractivity (Wildman–Crippen MR) is 50.4 cm³/mol. The summed E-state index contributed by atoms with van der Waals surface area (Å²) in [6.07, 6.45) is 0.962. The van der Waals surface area contributed by atoms with E-state index < -0.39 is 5.60 Å². The molecule has 0 radical (unpaired) electrons. The van der Waals surface area contributed by atoms with Gasteiger partial charge in [0.05, 0.1) is 12.1 Å². The average molecular weight is 186 g/mol. The third-order valence-electron chi connectivity index (χ3n) is 2.07. The second kappa shape index (κ2) is 4.07. The maximum Gasteiger partial charge on any atom is 0.234 e. The van der Waals surface area contributed by atoms with E-state index in [4.69, 9.17) is 0 Å². The SMILES string of the molecule is CCCNC(=O)CN1CC(C)(O)C1. The van der Waals surface area contributed by atoms with Gasteiger partial charge in [-0.15, -0.1) is 0 Å². The first-order valence-corrected chi connectivity index (χ1v) is 4.75. The molecule has 1 rings (SSSR count). The number of hydrogen-bond donors (Lipinski definition) is 2. The van der Waals surface area contributed by atoms with E-state index >= 15 is 0 Å². The van der Waals surface area contributed by atoms with E-state index in [0.29, 0.717) is 19.6 Å². The minimum Gasteiger partial charge on any atom is -0.388 e. The van der Waals surface area contributed by atoms with Gasteiger partial charge >= 0.3 is 0 Å². The zero-order valence-corrected chi connectivity index (χ0v) is 8.34. The summed E-state index contributed by atoms with van der Waals surface area (Å²) in [6, 6.07) is 0. The third kappa shape index (κ3) is 3.32. The maximum absolute atomic E-state index is 11.2. The molecule has 1 fully saturated rings. The number of rotatable bonds is 4. The first kappa shape index (κ1) is 10.5. The largest absolute Gasteiger partial charge is 0.388 e. The average Bonchev–Trinajstić information content (AvgIpc) is 1.97. The summed E-state index contributed by atoms with van der Waals surface area (Å²) >= 11 is 0. The van der Waals surface area contributed by atoms with Crippen molar-refractivity contribution < 1.29 is 9.90 Å². The molecular weight excluding hydrogens is 168 g/mol. The summed E-state index contributed by atoms with van der Waals surface area (Å²) in [5.41, 5.74) is -0.578. The molecule has 76 valence electrons. The molecule has 0 bridgehead atoms. The molecule has 1 aliphatic rings. The van der Waals surface area contributed by atoms with Gasteiger partial charge in [0.2, 0.25) is 5.91 Å². The number of likely N-dealkylation sites (tertiary alicyclic amines) is 1. The highest BCUT2D eigenvalue weighted by molar-refractivity contribution is 5.78. The summed E-state index contributed by atoms with van der Waals surface area (Å²) in [6.45, 7) is 6.17. The van der Waals surface area contributed by atoms with Gasteiger partial charge in [-0.3, -0.25) is 9.69 Å². The summed E-state index contributed by atoms with van der Waals surface area (Å²) in [4.78, 5) is 13.1. The quantitative estimate of drug-likeness (QED) is 0.627. The van der Waals surface area contributed by atoms with Gasteiger partial charge in [-0.25, -0.2) is 0 Å². The lowest BCUT2D eigenvalue weighted by molar-refractivity contribution is -0.130. The second-order valence-electron chi connectivity index (χ2n) is 3.99. The first-order valence-electron chi connectivity index (χ1n) is 4.75. The minimum atomic E-state index is -0.578. The van der Waals surface area contributed by atoms with Crippen LogP contribution in [0.25, 0.3) is 0 Å². The lowest BCUT2D eigenvalue weighted by Gasteiger charge is -2.43. The van der Waals surface area contributed by atoms with Crippen molar-refractivity contribution in [3.05, 3.63) is 0 Å². The monoisotopic (exact) mass is 186 g/mol. The molecule has 1 saturated heterocycles. The van der Waals surface area contributed by atoms with Gasteiger partial charge in [0, 0.05) is 19.6 Å². The van der Waals surface area contributed by atoms with E-state index in [2.05, 4.69) is 5.32 Å². The Balaban J connectivity index is 2.10. The van der Waals surface area contributed by atoms with Gasteiger partial charge in [0.25, 0.3) is 0 Å². The van der Waals surface area contributed by atoms with Gasteiger partial charge in [-0.2, -0.15) is 0 Å². The van der Waals surface area contributed by atoms with Gasteiger partial charge in [-0.05, 0) is 13.3 Å². The van der Waals surface area contributed by atoms with Crippen LogP contribution in [-0.4, -0.2) is 47.7 Å². The van der Waals surface area contributed by atoms with E-state index in [-0.39, 0.29) is 5.91 Å². The number of nitrogens with zero attached hydrogens (tertiary/aromatic N) is 1.